The molecule has 0 bridgehead atoms. The molecule has 0 aliphatic carbocycles. The van der Waals surface area contributed by atoms with Crippen LogP contribution in [0.15, 0.2) is 30.3 Å². The number of aliphatic hydroxyl groups is 1. The van der Waals surface area contributed by atoms with Crippen LogP contribution in [0.1, 0.15) is 19.4 Å². The molecule has 0 spiro atoms. The topological polar surface area (TPSA) is 58.6 Å². The Hall–Kier alpha value is -1.81. The van der Waals surface area contributed by atoms with Crippen molar-refractivity contribution in [3.63, 3.8) is 0 Å². The van der Waals surface area contributed by atoms with Gasteiger partial charge in [-0.05, 0) is 18.1 Å². The zero-order chi connectivity index (χ0) is 14.3. The van der Waals surface area contributed by atoms with Crippen molar-refractivity contribution in [1.29, 1.82) is 0 Å². The first-order valence-electron chi connectivity index (χ1n) is 6.31. The van der Waals surface area contributed by atoms with Crippen molar-refractivity contribution in [2.45, 2.75) is 19.9 Å². The second-order valence-corrected chi connectivity index (χ2v) is 4.62. The number of carbonyl (C=O) groups excluding carboxylic acids is 1. The molecule has 0 fully saturated rings. The Morgan fingerprint density at radius 3 is 2.68 bits per heavy atom. The molecule has 1 atom stereocenters. The van der Waals surface area contributed by atoms with Crippen molar-refractivity contribution in [2.75, 3.05) is 13.7 Å². The number of carbonyl (C=O) groups is 1. The third-order valence-corrected chi connectivity index (χ3v) is 2.88. The minimum Gasteiger partial charge on any atom is -0.496 e. The first-order chi connectivity index (χ1) is 9.08. The van der Waals surface area contributed by atoms with E-state index >= 15 is 0 Å². The monoisotopic (exact) mass is 263 g/mol. The molecule has 2 N–H and O–H groups in total. The van der Waals surface area contributed by atoms with Crippen LogP contribution in [-0.4, -0.2) is 30.8 Å². The number of benzene rings is 1. The van der Waals surface area contributed by atoms with E-state index in [0.717, 1.165) is 5.56 Å². The van der Waals surface area contributed by atoms with Gasteiger partial charge in [0, 0.05) is 11.6 Å². The van der Waals surface area contributed by atoms with Gasteiger partial charge in [0.05, 0.1) is 19.8 Å². The average molecular weight is 263 g/mol. The summed E-state index contributed by atoms with van der Waals surface area (Å²) in [5.41, 5.74) is 0.838. The van der Waals surface area contributed by atoms with Crippen LogP contribution in [0.2, 0.25) is 0 Å². The van der Waals surface area contributed by atoms with Crippen molar-refractivity contribution in [2.24, 2.45) is 5.92 Å². The van der Waals surface area contributed by atoms with Gasteiger partial charge >= 0.3 is 0 Å². The summed E-state index contributed by atoms with van der Waals surface area (Å²) in [6.07, 6.45) is 3.14. The molecular weight excluding hydrogens is 242 g/mol. The van der Waals surface area contributed by atoms with E-state index in [1.54, 1.807) is 13.2 Å². The van der Waals surface area contributed by atoms with Gasteiger partial charge in [0.25, 0.3) is 0 Å². The van der Waals surface area contributed by atoms with Gasteiger partial charge in [0.1, 0.15) is 5.75 Å². The van der Waals surface area contributed by atoms with Crippen LogP contribution >= 0.6 is 0 Å². The highest BCUT2D eigenvalue weighted by atomic mass is 16.5. The summed E-state index contributed by atoms with van der Waals surface area (Å²) in [6, 6.07) is 7.23. The second kappa shape index (κ2) is 7.59. The lowest BCUT2D eigenvalue weighted by atomic mass is 10.1. The molecule has 0 aliphatic heterocycles. The molecule has 104 valence electrons. The smallest absolute Gasteiger partial charge is 0.244 e. The van der Waals surface area contributed by atoms with Crippen LogP contribution in [-0.2, 0) is 4.79 Å². The van der Waals surface area contributed by atoms with Gasteiger partial charge in [0.2, 0.25) is 5.91 Å². The molecule has 0 unspecified atom stereocenters. The zero-order valence-electron chi connectivity index (χ0n) is 11.6. The van der Waals surface area contributed by atoms with Crippen LogP contribution in [0.4, 0.5) is 0 Å². The third kappa shape index (κ3) is 4.75. The highest BCUT2D eigenvalue weighted by molar-refractivity contribution is 5.92. The van der Waals surface area contributed by atoms with Crippen molar-refractivity contribution < 1.29 is 14.6 Å². The first kappa shape index (κ1) is 15.2. The van der Waals surface area contributed by atoms with E-state index in [1.807, 2.05) is 38.1 Å². The number of hydrogen-bond acceptors (Lipinski definition) is 3. The standard InChI is InChI=1S/C15H21NO3/c1-11(2)13(10-17)16-15(18)9-8-12-6-4-5-7-14(12)19-3/h4-9,11,13,17H,10H2,1-3H3,(H,16,18)/t13-/m1/s1. The van der Waals surface area contributed by atoms with Gasteiger partial charge in [-0.1, -0.05) is 32.0 Å². The molecular formula is C15H21NO3. The Labute approximate surface area is 114 Å². The number of methoxy groups -OCH3 is 1. The van der Waals surface area contributed by atoms with Crippen molar-refractivity contribution in [1.82, 2.24) is 5.32 Å². The number of rotatable bonds is 6. The maximum atomic E-state index is 11.7. The Morgan fingerprint density at radius 2 is 2.11 bits per heavy atom. The summed E-state index contributed by atoms with van der Waals surface area (Å²) < 4.78 is 5.20. The van der Waals surface area contributed by atoms with E-state index in [1.165, 1.54) is 6.08 Å². The Morgan fingerprint density at radius 1 is 1.42 bits per heavy atom. The number of hydrogen-bond donors (Lipinski definition) is 2. The summed E-state index contributed by atoms with van der Waals surface area (Å²) in [4.78, 5) is 11.7. The summed E-state index contributed by atoms with van der Waals surface area (Å²) >= 11 is 0. The van der Waals surface area contributed by atoms with Crippen LogP contribution in [0, 0.1) is 5.92 Å². The average Bonchev–Trinajstić information content (AvgIpc) is 2.42. The van der Waals surface area contributed by atoms with E-state index in [2.05, 4.69) is 5.32 Å². The van der Waals surface area contributed by atoms with Crippen molar-refractivity contribution in [3.8, 4) is 5.75 Å². The van der Waals surface area contributed by atoms with E-state index in [9.17, 15) is 4.79 Å². The van der Waals surface area contributed by atoms with Crippen LogP contribution < -0.4 is 10.1 Å². The molecule has 1 rings (SSSR count). The SMILES string of the molecule is COc1ccccc1C=CC(=O)N[C@H](CO)C(C)C. The minimum absolute atomic E-state index is 0.0636. The summed E-state index contributed by atoms with van der Waals surface area (Å²) in [5, 5.41) is 11.9. The van der Waals surface area contributed by atoms with E-state index in [-0.39, 0.29) is 24.5 Å². The molecule has 0 aliphatic rings. The van der Waals surface area contributed by atoms with Gasteiger partial charge in [-0.25, -0.2) is 0 Å². The number of amides is 1. The fourth-order valence-electron chi connectivity index (χ4n) is 1.62. The van der Waals surface area contributed by atoms with Crippen LogP contribution in [0.3, 0.4) is 0 Å². The largest absolute Gasteiger partial charge is 0.496 e. The van der Waals surface area contributed by atoms with E-state index in [0.29, 0.717) is 5.75 Å². The molecule has 19 heavy (non-hydrogen) atoms. The minimum atomic E-state index is -0.227. The Kier molecular flexibility index (Phi) is 6.09. The summed E-state index contributed by atoms with van der Waals surface area (Å²) in [6.45, 7) is 3.84. The highest BCUT2D eigenvalue weighted by Crippen LogP contribution is 2.18. The third-order valence-electron chi connectivity index (χ3n) is 2.88. The molecule has 1 amide bonds. The van der Waals surface area contributed by atoms with E-state index < -0.39 is 0 Å². The Balaban J connectivity index is 2.68. The molecule has 4 heteroatoms. The molecule has 0 aromatic heterocycles. The maximum Gasteiger partial charge on any atom is 0.244 e. The number of aliphatic hydroxyl groups excluding tert-OH is 1. The zero-order valence-corrected chi connectivity index (χ0v) is 11.6. The van der Waals surface area contributed by atoms with Gasteiger partial charge in [-0.2, -0.15) is 0 Å². The second-order valence-electron chi connectivity index (χ2n) is 4.62. The molecule has 0 radical (unpaired) electrons. The summed E-state index contributed by atoms with van der Waals surface area (Å²) in [5.74, 6) is 0.682. The predicted molar refractivity (Wildman–Crippen MR) is 75.9 cm³/mol. The predicted octanol–water partition coefficient (Wildman–Crippen LogP) is 1.84. The van der Waals surface area contributed by atoms with Gasteiger partial charge < -0.3 is 15.2 Å². The Bertz CT molecular complexity index is 441. The van der Waals surface area contributed by atoms with Crippen LogP contribution in [0.25, 0.3) is 6.08 Å². The fourth-order valence-corrected chi connectivity index (χ4v) is 1.62. The lowest BCUT2D eigenvalue weighted by molar-refractivity contribution is -0.117. The molecule has 1 aromatic carbocycles. The lowest BCUT2D eigenvalue weighted by Gasteiger charge is -2.18. The highest BCUT2D eigenvalue weighted by Gasteiger charge is 2.13. The maximum absolute atomic E-state index is 11.7. The van der Waals surface area contributed by atoms with Crippen molar-refractivity contribution in [3.05, 3.63) is 35.9 Å². The quantitative estimate of drug-likeness (QED) is 0.770. The van der Waals surface area contributed by atoms with Gasteiger partial charge in [-0.3, -0.25) is 4.79 Å². The van der Waals surface area contributed by atoms with Gasteiger partial charge in [0.15, 0.2) is 0 Å². The number of para-hydroxylation sites is 1. The number of nitrogens with one attached hydrogen (secondary N) is 1. The molecule has 0 saturated carbocycles. The summed E-state index contributed by atoms with van der Waals surface area (Å²) in [7, 11) is 1.59. The van der Waals surface area contributed by atoms with Crippen LogP contribution in [0.5, 0.6) is 5.75 Å². The fraction of sp³-hybridized carbons (Fsp3) is 0.400. The van der Waals surface area contributed by atoms with Crippen molar-refractivity contribution >= 4 is 12.0 Å². The first-order valence-corrected chi connectivity index (χ1v) is 6.31. The molecule has 0 heterocycles. The van der Waals surface area contributed by atoms with E-state index in [4.69, 9.17) is 9.84 Å². The lowest BCUT2D eigenvalue weighted by Crippen LogP contribution is -2.40. The number of ether oxygens (including phenoxy) is 1. The normalized spacial score (nSPS) is 12.7. The molecule has 1 aromatic rings. The molecule has 0 saturated heterocycles. The van der Waals surface area contributed by atoms with Gasteiger partial charge in [-0.15, -0.1) is 0 Å². The molecule has 4 nitrogen and oxygen atoms in total.